The zero-order valence-electron chi connectivity index (χ0n) is 16.2. The lowest BCUT2D eigenvalue weighted by atomic mass is 9.89. The summed E-state index contributed by atoms with van der Waals surface area (Å²) in [5.74, 6) is 1.96. The second-order valence-corrected chi connectivity index (χ2v) is 7.90. The Balaban J connectivity index is 1.37. The number of carbonyl (C=O) groups is 1. The van der Waals surface area contributed by atoms with Crippen molar-refractivity contribution in [3.8, 4) is 5.75 Å². The zero-order valence-corrected chi connectivity index (χ0v) is 16.2. The highest BCUT2D eigenvalue weighted by atomic mass is 16.5. The molecule has 2 aromatic heterocycles. The molecule has 0 unspecified atom stereocenters. The maximum atomic E-state index is 13.1. The van der Waals surface area contributed by atoms with E-state index in [0.29, 0.717) is 17.9 Å². The predicted octanol–water partition coefficient (Wildman–Crippen LogP) is 2.72. The molecule has 4 heterocycles. The van der Waals surface area contributed by atoms with E-state index in [0.717, 1.165) is 36.6 Å². The van der Waals surface area contributed by atoms with E-state index in [9.17, 15) is 4.79 Å². The highest BCUT2D eigenvalue weighted by molar-refractivity contribution is 5.94. The molecule has 0 N–H and O–H groups in total. The van der Waals surface area contributed by atoms with Gasteiger partial charge in [-0.05, 0) is 42.8 Å². The summed E-state index contributed by atoms with van der Waals surface area (Å²) >= 11 is 0. The molecule has 28 heavy (non-hydrogen) atoms. The molecule has 0 radical (unpaired) electrons. The molecule has 0 bridgehead atoms. The molecule has 0 spiro atoms. The second-order valence-electron chi connectivity index (χ2n) is 7.90. The smallest absolute Gasteiger partial charge is 0.255 e. The van der Waals surface area contributed by atoms with Gasteiger partial charge in [-0.1, -0.05) is 12.1 Å². The van der Waals surface area contributed by atoms with Crippen LogP contribution in [0.4, 0.5) is 0 Å². The van der Waals surface area contributed by atoms with E-state index < -0.39 is 0 Å². The van der Waals surface area contributed by atoms with Crippen LogP contribution in [0.15, 0.2) is 55.0 Å². The van der Waals surface area contributed by atoms with Crippen LogP contribution in [0, 0.1) is 11.8 Å². The average molecular weight is 376 g/mol. The molecule has 2 saturated heterocycles. The first kappa shape index (κ1) is 17.3. The van der Waals surface area contributed by atoms with E-state index in [2.05, 4.69) is 29.1 Å². The molecule has 2 fully saturated rings. The number of amides is 1. The molecule has 144 valence electrons. The first-order valence-corrected chi connectivity index (χ1v) is 9.70. The standard InChI is InChI=1S/C22H24N4O2/c1-24-11-17-13-26(22(27)16-5-8-20-23-9-10-25(20)12-16)14-19(17)21(24)15-3-6-18(28-2)7-4-15/h3-10,12,17,19,21H,11,13-14H2,1-2H3/t17-,19+,21+/m0/s1. The van der Waals surface area contributed by atoms with Gasteiger partial charge in [-0.25, -0.2) is 4.98 Å². The van der Waals surface area contributed by atoms with Gasteiger partial charge in [0.2, 0.25) is 0 Å². The van der Waals surface area contributed by atoms with Gasteiger partial charge >= 0.3 is 0 Å². The normalized spacial score (nSPS) is 24.6. The molecule has 2 aliphatic rings. The first-order chi connectivity index (χ1) is 13.6. The summed E-state index contributed by atoms with van der Waals surface area (Å²) in [5.41, 5.74) is 2.88. The van der Waals surface area contributed by atoms with Crippen LogP contribution in [-0.4, -0.2) is 58.9 Å². The van der Waals surface area contributed by atoms with Gasteiger partial charge in [0, 0.05) is 50.2 Å². The Morgan fingerprint density at radius 1 is 1.11 bits per heavy atom. The van der Waals surface area contributed by atoms with Crippen LogP contribution >= 0.6 is 0 Å². The van der Waals surface area contributed by atoms with Crippen molar-refractivity contribution < 1.29 is 9.53 Å². The molecule has 1 amide bonds. The number of ether oxygens (including phenoxy) is 1. The third-order valence-corrected chi connectivity index (χ3v) is 6.27. The van der Waals surface area contributed by atoms with Crippen molar-refractivity contribution in [1.29, 1.82) is 0 Å². The van der Waals surface area contributed by atoms with Gasteiger partial charge in [-0.15, -0.1) is 0 Å². The largest absolute Gasteiger partial charge is 0.497 e. The van der Waals surface area contributed by atoms with Crippen LogP contribution in [0.1, 0.15) is 22.0 Å². The number of methoxy groups -OCH3 is 1. The number of fused-ring (bicyclic) bond motifs is 2. The molecule has 1 aromatic carbocycles. The average Bonchev–Trinajstić information content (AvgIpc) is 3.41. The van der Waals surface area contributed by atoms with E-state index in [1.807, 2.05) is 46.0 Å². The Morgan fingerprint density at radius 3 is 2.71 bits per heavy atom. The number of benzene rings is 1. The summed E-state index contributed by atoms with van der Waals surface area (Å²) in [4.78, 5) is 21.8. The lowest BCUT2D eigenvalue weighted by molar-refractivity contribution is 0.0767. The van der Waals surface area contributed by atoms with Crippen molar-refractivity contribution in [2.24, 2.45) is 11.8 Å². The molecule has 6 nitrogen and oxygen atoms in total. The fourth-order valence-corrected chi connectivity index (χ4v) is 4.96. The van der Waals surface area contributed by atoms with Crippen molar-refractivity contribution in [1.82, 2.24) is 19.2 Å². The molecule has 3 atom stereocenters. The lowest BCUT2D eigenvalue weighted by Crippen LogP contribution is -2.33. The number of hydrogen-bond donors (Lipinski definition) is 0. The van der Waals surface area contributed by atoms with Crippen molar-refractivity contribution in [3.63, 3.8) is 0 Å². The van der Waals surface area contributed by atoms with E-state index >= 15 is 0 Å². The minimum atomic E-state index is 0.112. The molecule has 2 aliphatic heterocycles. The van der Waals surface area contributed by atoms with Gasteiger partial charge in [0.05, 0.1) is 12.7 Å². The first-order valence-electron chi connectivity index (χ1n) is 9.70. The Hall–Kier alpha value is -2.86. The minimum absolute atomic E-state index is 0.112. The van der Waals surface area contributed by atoms with Crippen LogP contribution in [0.3, 0.4) is 0 Å². The van der Waals surface area contributed by atoms with E-state index in [4.69, 9.17) is 4.74 Å². The zero-order chi connectivity index (χ0) is 19.3. The van der Waals surface area contributed by atoms with Gasteiger partial charge < -0.3 is 14.0 Å². The summed E-state index contributed by atoms with van der Waals surface area (Å²) in [7, 11) is 3.88. The van der Waals surface area contributed by atoms with Crippen molar-refractivity contribution >= 4 is 11.6 Å². The fourth-order valence-electron chi connectivity index (χ4n) is 4.96. The molecule has 5 rings (SSSR count). The number of pyridine rings is 1. The summed E-state index contributed by atoms with van der Waals surface area (Å²) in [6.07, 6.45) is 5.50. The Labute approximate surface area is 164 Å². The van der Waals surface area contributed by atoms with E-state index in [-0.39, 0.29) is 5.91 Å². The van der Waals surface area contributed by atoms with Crippen molar-refractivity contribution in [2.75, 3.05) is 33.8 Å². The Morgan fingerprint density at radius 2 is 1.93 bits per heavy atom. The summed E-state index contributed by atoms with van der Waals surface area (Å²) in [6.45, 7) is 2.64. The second kappa shape index (κ2) is 6.63. The van der Waals surface area contributed by atoms with Gasteiger partial charge in [0.15, 0.2) is 0 Å². The lowest BCUT2D eigenvalue weighted by Gasteiger charge is -2.27. The van der Waals surface area contributed by atoms with Crippen LogP contribution in [0.2, 0.25) is 0 Å². The van der Waals surface area contributed by atoms with Gasteiger partial charge in [-0.2, -0.15) is 0 Å². The molecule has 3 aromatic rings. The van der Waals surface area contributed by atoms with E-state index in [1.165, 1.54) is 5.56 Å². The number of rotatable bonds is 3. The number of carbonyl (C=O) groups excluding carboxylic acids is 1. The van der Waals surface area contributed by atoms with Crippen LogP contribution < -0.4 is 4.74 Å². The maximum absolute atomic E-state index is 13.1. The van der Waals surface area contributed by atoms with Crippen LogP contribution in [0.25, 0.3) is 5.65 Å². The predicted molar refractivity (Wildman–Crippen MR) is 106 cm³/mol. The van der Waals surface area contributed by atoms with Crippen LogP contribution in [0.5, 0.6) is 5.75 Å². The van der Waals surface area contributed by atoms with Gasteiger partial charge in [-0.3, -0.25) is 9.69 Å². The van der Waals surface area contributed by atoms with Crippen molar-refractivity contribution in [3.05, 3.63) is 66.1 Å². The number of aromatic nitrogens is 2. The highest BCUT2D eigenvalue weighted by Gasteiger charge is 2.47. The molecule has 6 heteroatoms. The summed E-state index contributed by atoms with van der Waals surface area (Å²) in [5, 5.41) is 0. The number of hydrogen-bond acceptors (Lipinski definition) is 4. The SMILES string of the molecule is COc1ccc([C@@H]2[C@@H]3CN(C(=O)c4ccc5nccn5c4)C[C@@H]3CN2C)cc1. The topological polar surface area (TPSA) is 50.1 Å². The van der Waals surface area contributed by atoms with Crippen molar-refractivity contribution in [2.45, 2.75) is 6.04 Å². The third-order valence-electron chi connectivity index (χ3n) is 6.27. The van der Waals surface area contributed by atoms with Crippen LogP contribution in [-0.2, 0) is 0 Å². The quantitative estimate of drug-likeness (QED) is 0.705. The Kier molecular flexibility index (Phi) is 4.09. The highest BCUT2D eigenvalue weighted by Crippen LogP contribution is 2.44. The summed E-state index contributed by atoms with van der Waals surface area (Å²) in [6, 6.07) is 12.5. The molecular formula is C22H24N4O2. The molecular weight excluding hydrogens is 352 g/mol. The summed E-state index contributed by atoms with van der Waals surface area (Å²) < 4.78 is 7.20. The number of imidazole rings is 1. The van der Waals surface area contributed by atoms with Gasteiger partial charge in [0.1, 0.15) is 11.4 Å². The number of likely N-dealkylation sites (tertiary alicyclic amines) is 2. The van der Waals surface area contributed by atoms with E-state index in [1.54, 1.807) is 13.3 Å². The maximum Gasteiger partial charge on any atom is 0.255 e. The Bertz CT molecular complexity index is 1010. The minimum Gasteiger partial charge on any atom is -0.497 e. The van der Waals surface area contributed by atoms with Gasteiger partial charge in [0.25, 0.3) is 5.91 Å². The molecule has 0 saturated carbocycles. The molecule has 0 aliphatic carbocycles. The monoisotopic (exact) mass is 376 g/mol. The number of nitrogens with zero attached hydrogens (tertiary/aromatic N) is 4. The fraction of sp³-hybridized carbons (Fsp3) is 0.364. The third kappa shape index (κ3) is 2.76.